The highest BCUT2D eigenvalue weighted by Gasteiger charge is 2.41. The fourth-order valence-corrected chi connectivity index (χ4v) is 2.51. The third-order valence-electron chi connectivity index (χ3n) is 3.63. The zero-order valence-electron chi connectivity index (χ0n) is 12.3. The lowest BCUT2D eigenvalue weighted by Gasteiger charge is -2.42. The van der Waals surface area contributed by atoms with Gasteiger partial charge < -0.3 is 15.2 Å². The Morgan fingerprint density at radius 1 is 1.26 bits per heavy atom. The van der Waals surface area contributed by atoms with Crippen molar-refractivity contribution in [2.24, 2.45) is 5.73 Å². The molecule has 3 atom stereocenters. The zero-order valence-corrected chi connectivity index (χ0v) is 12.3. The van der Waals surface area contributed by atoms with Crippen LogP contribution >= 0.6 is 0 Å². The summed E-state index contributed by atoms with van der Waals surface area (Å²) in [5.74, 6) is 0.955. The molecular weight excluding hydrogens is 238 g/mol. The summed E-state index contributed by atoms with van der Waals surface area (Å²) in [6.45, 7) is 9.26. The molecule has 1 saturated carbocycles. The average molecular weight is 263 g/mol. The van der Waals surface area contributed by atoms with E-state index in [0.717, 1.165) is 12.2 Å². The van der Waals surface area contributed by atoms with Gasteiger partial charge in [0.25, 0.3) is 0 Å². The Balaban J connectivity index is 2.12. The van der Waals surface area contributed by atoms with E-state index in [9.17, 15) is 0 Å². The van der Waals surface area contributed by atoms with E-state index in [1.807, 2.05) is 19.1 Å². The van der Waals surface area contributed by atoms with E-state index in [1.165, 1.54) is 5.56 Å². The van der Waals surface area contributed by atoms with Crippen molar-refractivity contribution in [2.45, 2.75) is 57.8 Å². The zero-order chi connectivity index (χ0) is 14.0. The molecule has 0 radical (unpaired) electrons. The molecular formula is C16H25NO2. The van der Waals surface area contributed by atoms with Crippen molar-refractivity contribution < 1.29 is 9.47 Å². The Hall–Kier alpha value is -1.06. The fourth-order valence-electron chi connectivity index (χ4n) is 2.51. The molecule has 3 heteroatoms. The van der Waals surface area contributed by atoms with Crippen molar-refractivity contribution in [3.8, 4) is 5.75 Å². The van der Waals surface area contributed by atoms with Gasteiger partial charge in [-0.05, 0) is 24.0 Å². The smallest absolute Gasteiger partial charge is 0.128 e. The summed E-state index contributed by atoms with van der Waals surface area (Å²) < 4.78 is 11.8. The van der Waals surface area contributed by atoms with Gasteiger partial charge in [0.1, 0.15) is 18.0 Å². The van der Waals surface area contributed by atoms with Crippen molar-refractivity contribution in [3.05, 3.63) is 29.8 Å². The van der Waals surface area contributed by atoms with Crippen LogP contribution < -0.4 is 10.5 Å². The SMILES string of the molecule is CCOC1C(N)CC1Oc1ccccc1C(C)(C)C. The highest BCUT2D eigenvalue weighted by Crippen LogP contribution is 2.35. The Labute approximate surface area is 116 Å². The van der Waals surface area contributed by atoms with Gasteiger partial charge >= 0.3 is 0 Å². The largest absolute Gasteiger partial charge is 0.487 e. The lowest BCUT2D eigenvalue weighted by atomic mass is 9.84. The Kier molecular flexibility index (Phi) is 4.16. The molecule has 1 fully saturated rings. The molecule has 3 nitrogen and oxygen atoms in total. The first-order valence-corrected chi connectivity index (χ1v) is 7.07. The Morgan fingerprint density at radius 3 is 2.53 bits per heavy atom. The molecule has 106 valence electrons. The summed E-state index contributed by atoms with van der Waals surface area (Å²) in [7, 11) is 0. The van der Waals surface area contributed by atoms with Crippen LogP contribution in [0.4, 0.5) is 0 Å². The molecule has 0 saturated heterocycles. The summed E-state index contributed by atoms with van der Waals surface area (Å²) in [5, 5.41) is 0. The second-order valence-electron chi connectivity index (χ2n) is 6.22. The van der Waals surface area contributed by atoms with Gasteiger partial charge in [-0.15, -0.1) is 0 Å². The lowest BCUT2D eigenvalue weighted by molar-refractivity contribution is -0.0949. The van der Waals surface area contributed by atoms with Crippen molar-refractivity contribution in [1.82, 2.24) is 0 Å². The quantitative estimate of drug-likeness (QED) is 0.908. The predicted octanol–water partition coefficient (Wildman–Crippen LogP) is 2.87. The number of hydrogen-bond acceptors (Lipinski definition) is 3. The first-order chi connectivity index (χ1) is 8.93. The van der Waals surface area contributed by atoms with E-state index in [-0.39, 0.29) is 23.7 Å². The molecule has 0 bridgehead atoms. The standard InChI is InChI=1S/C16H25NO2/c1-5-18-15-12(17)10-14(15)19-13-9-7-6-8-11(13)16(2,3)4/h6-9,12,14-15H,5,10,17H2,1-4H3. The second kappa shape index (κ2) is 5.51. The number of rotatable bonds is 4. The van der Waals surface area contributed by atoms with Gasteiger partial charge in [-0.25, -0.2) is 0 Å². The Morgan fingerprint density at radius 2 is 1.95 bits per heavy atom. The molecule has 2 rings (SSSR count). The molecule has 0 aliphatic heterocycles. The molecule has 1 aromatic carbocycles. The van der Waals surface area contributed by atoms with Gasteiger partial charge in [0.05, 0.1) is 0 Å². The van der Waals surface area contributed by atoms with Crippen LogP contribution in [0.5, 0.6) is 5.75 Å². The van der Waals surface area contributed by atoms with E-state index in [4.69, 9.17) is 15.2 Å². The monoisotopic (exact) mass is 263 g/mol. The minimum absolute atomic E-state index is 0.0259. The Bertz CT molecular complexity index is 425. The number of nitrogens with two attached hydrogens (primary N) is 1. The van der Waals surface area contributed by atoms with E-state index in [1.54, 1.807) is 0 Å². The van der Waals surface area contributed by atoms with Crippen molar-refractivity contribution in [2.75, 3.05) is 6.61 Å². The summed E-state index contributed by atoms with van der Waals surface area (Å²) in [6.07, 6.45) is 0.972. The van der Waals surface area contributed by atoms with Crippen LogP contribution in [0.1, 0.15) is 39.7 Å². The van der Waals surface area contributed by atoms with Crippen molar-refractivity contribution in [3.63, 3.8) is 0 Å². The molecule has 3 unspecified atom stereocenters. The predicted molar refractivity (Wildman–Crippen MR) is 77.6 cm³/mol. The van der Waals surface area contributed by atoms with Crippen molar-refractivity contribution in [1.29, 1.82) is 0 Å². The van der Waals surface area contributed by atoms with Crippen LogP contribution in [-0.4, -0.2) is 24.9 Å². The minimum Gasteiger partial charge on any atom is -0.487 e. The van der Waals surface area contributed by atoms with Crippen LogP contribution in [0.3, 0.4) is 0 Å². The van der Waals surface area contributed by atoms with E-state index < -0.39 is 0 Å². The molecule has 1 aliphatic rings. The van der Waals surface area contributed by atoms with Gasteiger partial charge in [0.15, 0.2) is 0 Å². The van der Waals surface area contributed by atoms with Gasteiger partial charge in [0, 0.05) is 19.1 Å². The molecule has 0 spiro atoms. The van der Waals surface area contributed by atoms with E-state index in [0.29, 0.717) is 6.61 Å². The second-order valence-corrected chi connectivity index (χ2v) is 6.22. The van der Waals surface area contributed by atoms with Crippen LogP contribution in [0.25, 0.3) is 0 Å². The first-order valence-electron chi connectivity index (χ1n) is 7.07. The summed E-state index contributed by atoms with van der Waals surface area (Å²) >= 11 is 0. The maximum atomic E-state index is 6.14. The van der Waals surface area contributed by atoms with Crippen LogP contribution in [0, 0.1) is 0 Å². The number of benzene rings is 1. The van der Waals surface area contributed by atoms with Crippen molar-refractivity contribution >= 4 is 0 Å². The number of para-hydroxylation sites is 1. The summed E-state index contributed by atoms with van der Waals surface area (Å²) in [5.41, 5.74) is 7.27. The minimum atomic E-state index is 0.0259. The fraction of sp³-hybridized carbons (Fsp3) is 0.625. The van der Waals surface area contributed by atoms with Gasteiger partial charge in [-0.1, -0.05) is 39.0 Å². The molecule has 0 heterocycles. The van der Waals surface area contributed by atoms with Gasteiger partial charge in [-0.3, -0.25) is 0 Å². The maximum absolute atomic E-state index is 6.14. The third-order valence-corrected chi connectivity index (χ3v) is 3.63. The summed E-state index contributed by atoms with van der Waals surface area (Å²) in [6, 6.07) is 8.34. The number of hydrogen-bond donors (Lipinski definition) is 1. The molecule has 0 aromatic heterocycles. The van der Waals surface area contributed by atoms with Crippen LogP contribution in [0.2, 0.25) is 0 Å². The highest BCUT2D eigenvalue weighted by atomic mass is 16.5. The molecule has 1 aliphatic carbocycles. The number of ether oxygens (including phenoxy) is 2. The van der Waals surface area contributed by atoms with Gasteiger partial charge in [0.2, 0.25) is 0 Å². The molecule has 2 N–H and O–H groups in total. The van der Waals surface area contributed by atoms with E-state index in [2.05, 4.69) is 32.9 Å². The normalized spacial score (nSPS) is 26.9. The summed E-state index contributed by atoms with van der Waals surface area (Å²) in [4.78, 5) is 0. The van der Waals surface area contributed by atoms with E-state index >= 15 is 0 Å². The highest BCUT2D eigenvalue weighted by molar-refractivity contribution is 5.38. The lowest BCUT2D eigenvalue weighted by Crippen LogP contribution is -2.59. The first kappa shape index (κ1) is 14.4. The van der Waals surface area contributed by atoms with Gasteiger partial charge in [-0.2, -0.15) is 0 Å². The molecule has 1 aromatic rings. The molecule has 0 amide bonds. The average Bonchev–Trinajstić information content (AvgIpc) is 2.35. The topological polar surface area (TPSA) is 44.5 Å². The van der Waals surface area contributed by atoms with Crippen LogP contribution in [-0.2, 0) is 10.2 Å². The third kappa shape index (κ3) is 3.10. The maximum Gasteiger partial charge on any atom is 0.128 e. The molecule has 19 heavy (non-hydrogen) atoms. The van der Waals surface area contributed by atoms with Crippen LogP contribution in [0.15, 0.2) is 24.3 Å².